The van der Waals surface area contributed by atoms with E-state index in [4.69, 9.17) is 9.47 Å². The van der Waals surface area contributed by atoms with Gasteiger partial charge in [0.25, 0.3) is 5.91 Å². The van der Waals surface area contributed by atoms with E-state index in [-0.39, 0.29) is 16.6 Å². The average Bonchev–Trinajstić information content (AvgIpc) is 2.88. The molecule has 7 nitrogen and oxygen atoms in total. The second-order valence-corrected chi connectivity index (χ2v) is 10.5. The van der Waals surface area contributed by atoms with Gasteiger partial charge in [-0.3, -0.25) is 4.79 Å². The molecule has 0 spiro atoms. The van der Waals surface area contributed by atoms with Crippen molar-refractivity contribution in [2.45, 2.75) is 17.6 Å². The first-order chi connectivity index (χ1) is 16.8. The molecular formula is C27H30N2O5S. The number of carbonyl (C=O) groups is 1. The van der Waals surface area contributed by atoms with Gasteiger partial charge in [0.2, 0.25) is 0 Å². The lowest BCUT2D eigenvalue weighted by atomic mass is 10.1. The number of ether oxygens (including phenoxy) is 2. The Labute approximate surface area is 206 Å². The Bertz CT molecular complexity index is 1300. The van der Waals surface area contributed by atoms with E-state index in [0.717, 1.165) is 17.0 Å². The molecule has 3 aromatic carbocycles. The normalized spacial score (nSPS) is 14.0. The van der Waals surface area contributed by atoms with Gasteiger partial charge in [-0.05, 0) is 54.4 Å². The van der Waals surface area contributed by atoms with Gasteiger partial charge in [0, 0.05) is 31.7 Å². The molecule has 1 aliphatic rings. The quantitative estimate of drug-likeness (QED) is 0.495. The van der Waals surface area contributed by atoms with Crippen LogP contribution in [0, 0.1) is 6.92 Å². The molecule has 8 heteroatoms. The van der Waals surface area contributed by atoms with Crippen molar-refractivity contribution >= 4 is 21.4 Å². The molecule has 0 atom stereocenters. The van der Waals surface area contributed by atoms with Crippen molar-refractivity contribution in [3.05, 3.63) is 83.4 Å². The maximum Gasteiger partial charge on any atom is 0.254 e. The first-order valence-electron chi connectivity index (χ1n) is 11.5. The van der Waals surface area contributed by atoms with E-state index in [1.165, 1.54) is 6.07 Å². The van der Waals surface area contributed by atoms with Crippen molar-refractivity contribution in [3.63, 3.8) is 0 Å². The molecule has 1 saturated heterocycles. The fourth-order valence-corrected chi connectivity index (χ4v) is 5.63. The summed E-state index contributed by atoms with van der Waals surface area (Å²) in [6, 6.07) is 19.6. The minimum atomic E-state index is -3.62. The number of methoxy groups -OCH3 is 2. The van der Waals surface area contributed by atoms with E-state index < -0.39 is 9.84 Å². The number of rotatable bonds is 7. The Morgan fingerprint density at radius 1 is 0.886 bits per heavy atom. The highest BCUT2D eigenvalue weighted by Gasteiger charge is 2.26. The van der Waals surface area contributed by atoms with Crippen LogP contribution >= 0.6 is 0 Å². The van der Waals surface area contributed by atoms with Gasteiger partial charge < -0.3 is 19.3 Å². The van der Waals surface area contributed by atoms with E-state index in [1.54, 1.807) is 55.5 Å². The number of amides is 1. The van der Waals surface area contributed by atoms with Gasteiger partial charge in [-0.1, -0.05) is 30.3 Å². The third-order valence-corrected chi connectivity index (χ3v) is 7.99. The Balaban J connectivity index is 1.49. The predicted molar refractivity (Wildman–Crippen MR) is 136 cm³/mol. The number of hydrogen-bond acceptors (Lipinski definition) is 6. The Kier molecular flexibility index (Phi) is 7.31. The van der Waals surface area contributed by atoms with E-state index >= 15 is 0 Å². The molecule has 0 aliphatic carbocycles. The van der Waals surface area contributed by atoms with Crippen LogP contribution in [-0.4, -0.2) is 59.6 Å². The molecule has 1 fully saturated rings. The number of para-hydroxylation sites is 2. The van der Waals surface area contributed by atoms with Crippen LogP contribution in [0.3, 0.4) is 0 Å². The van der Waals surface area contributed by atoms with E-state index in [0.29, 0.717) is 43.1 Å². The second kappa shape index (κ2) is 10.4. The molecule has 0 radical (unpaired) electrons. The summed E-state index contributed by atoms with van der Waals surface area (Å²) in [4.78, 5) is 17.5. The monoisotopic (exact) mass is 494 g/mol. The lowest BCUT2D eigenvalue weighted by Gasteiger charge is -2.36. The van der Waals surface area contributed by atoms with Gasteiger partial charge in [0.1, 0.15) is 11.5 Å². The molecule has 0 saturated carbocycles. The van der Waals surface area contributed by atoms with Gasteiger partial charge in [0.15, 0.2) is 9.84 Å². The Morgan fingerprint density at radius 3 is 2.23 bits per heavy atom. The number of sulfone groups is 1. The zero-order valence-corrected chi connectivity index (χ0v) is 21.0. The number of hydrogen-bond donors (Lipinski definition) is 0. The maximum absolute atomic E-state index is 13.4. The van der Waals surface area contributed by atoms with Crippen molar-refractivity contribution in [2.24, 2.45) is 0 Å². The largest absolute Gasteiger partial charge is 0.497 e. The molecule has 0 unspecified atom stereocenters. The summed E-state index contributed by atoms with van der Waals surface area (Å²) in [5.74, 6) is 1.17. The van der Waals surface area contributed by atoms with Crippen molar-refractivity contribution in [3.8, 4) is 11.5 Å². The highest BCUT2D eigenvalue weighted by Crippen LogP contribution is 2.29. The van der Waals surface area contributed by atoms with Crippen LogP contribution in [0.5, 0.6) is 11.5 Å². The summed E-state index contributed by atoms with van der Waals surface area (Å²) in [6.07, 6.45) is 0. The van der Waals surface area contributed by atoms with Gasteiger partial charge in [-0.2, -0.15) is 0 Å². The van der Waals surface area contributed by atoms with Crippen LogP contribution in [0.2, 0.25) is 0 Å². The number of carbonyl (C=O) groups excluding carboxylic acids is 1. The molecule has 1 heterocycles. The highest BCUT2D eigenvalue weighted by molar-refractivity contribution is 7.90. The molecule has 35 heavy (non-hydrogen) atoms. The topological polar surface area (TPSA) is 76.2 Å². The maximum atomic E-state index is 13.4. The Hall–Kier alpha value is -3.52. The third-order valence-electron chi connectivity index (χ3n) is 6.31. The SMILES string of the molecule is COc1ccc(CS(=O)(=O)c2ccc(C)c(C(=O)N3CCN(c4ccccc4OC)CC3)c2)cc1. The van der Waals surface area contributed by atoms with Crippen molar-refractivity contribution in [1.29, 1.82) is 0 Å². The lowest BCUT2D eigenvalue weighted by molar-refractivity contribution is 0.0745. The summed E-state index contributed by atoms with van der Waals surface area (Å²) in [7, 11) is -0.408. The molecule has 0 bridgehead atoms. The van der Waals surface area contributed by atoms with E-state index in [2.05, 4.69) is 4.90 Å². The third kappa shape index (κ3) is 5.43. The fourth-order valence-electron chi connectivity index (χ4n) is 4.26. The van der Waals surface area contributed by atoms with Crippen LogP contribution in [0.15, 0.2) is 71.6 Å². The Morgan fingerprint density at radius 2 is 1.57 bits per heavy atom. The van der Waals surface area contributed by atoms with Crippen LogP contribution in [-0.2, 0) is 15.6 Å². The number of piperazine rings is 1. The fraction of sp³-hybridized carbons (Fsp3) is 0.296. The van der Waals surface area contributed by atoms with E-state index in [9.17, 15) is 13.2 Å². The molecule has 1 aliphatic heterocycles. The number of anilines is 1. The van der Waals surface area contributed by atoms with E-state index in [1.807, 2.05) is 31.2 Å². The molecule has 3 aromatic rings. The first kappa shape index (κ1) is 24.6. The smallest absolute Gasteiger partial charge is 0.254 e. The van der Waals surface area contributed by atoms with Gasteiger partial charge >= 0.3 is 0 Å². The van der Waals surface area contributed by atoms with Crippen LogP contribution < -0.4 is 14.4 Å². The van der Waals surface area contributed by atoms with Crippen LogP contribution in [0.1, 0.15) is 21.5 Å². The standard InChI is InChI=1S/C27H30N2O5S/c1-20-8-13-23(35(31,32)19-21-9-11-22(33-2)12-10-21)18-24(20)27(30)29-16-14-28(15-17-29)25-6-4-5-7-26(25)34-3/h4-13,18H,14-17,19H2,1-3H3. The highest BCUT2D eigenvalue weighted by atomic mass is 32.2. The molecule has 0 aromatic heterocycles. The van der Waals surface area contributed by atoms with Crippen molar-refractivity contribution in [1.82, 2.24) is 4.90 Å². The number of nitrogens with zero attached hydrogens (tertiary/aromatic N) is 2. The number of benzene rings is 3. The lowest BCUT2D eigenvalue weighted by Crippen LogP contribution is -2.49. The minimum absolute atomic E-state index is 0.148. The molecule has 4 rings (SSSR count). The molecular weight excluding hydrogens is 464 g/mol. The average molecular weight is 495 g/mol. The summed E-state index contributed by atoms with van der Waals surface area (Å²) in [5, 5.41) is 0. The van der Waals surface area contributed by atoms with Crippen LogP contribution in [0.4, 0.5) is 5.69 Å². The van der Waals surface area contributed by atoms with Crippen molar-refractivity contribution in [2.75, 3.05) is 45.3 Å². The first-order valence-corrected chi connectivity index (χ1v) is 13.1. The van der Waals surface area contributed by atoms with Gasteiger partial charge in [0.05, 0.1) is 30.6 Å². The minimum Gasteiger partial charge on any atom is -0.497 e. The van der Waals surface area contributed by atoms with Crippen LogP contribution in [0.25, 0.3) is 0 Å². The summed E-state index contributed by atoms with van der Waals surface area (Å²) in [5.41, 5.74) is 2.84. The zero-order valence-electron chi connectivity index (χ0n) is 20.2. The second-order valence-electron chi connectivity index (χ2n) is 8.53. The molecule has 1 amide bonds. The molecule has 184 valence electrons. The predicted octanol–water partition coefficient (Wildman–Crippen LogP) is 3.95. The summed E-state index contributed by atoms with van der Waals surface area (Å²) >= 11 is 0. The molecule has 0 N–H and O–H groups in total. The number of aryl methyl sites for hydroxylation is 1. The summed E-state index contributed by atoms with van der Waals surface area (Å²) in [6.45, 7) is 4.25. The van der Waals surface area contributed by atoms with Gasteiger partial charge in [-0.25, -0.2) is 8.42 Å². The zero-order chi connectivity index (χ0) is 25.0. The summed E-state index contributed by atoms with van der Waals surface area (Å²) < 4.78 is 36.8. The van der Waals surface area contributed by atoms with Crippen molar-refractivity contribution < 1.29 is 22.7 Å². The van der Waals surface area contributed by atoms with Gasteiger partial charge in [-0.15, -0.1) is 0 Å².